The first-order valence-corrected chi connectivity index (χ1v) is 5.86. The number of carbonyl (C=O) groups excluding carboxylic acids is 1. The average Bonchev–Trinajstić information content (AvgIpc) is 2.29. The number of nitrogens with one attached hydrogen (secondary N) is 2. The van der Waals surface area contributed by atoms with Crippen LogP contribution in [0, 0.1) is 0 Å². The molecule has 6 heteroatoms. The van der Waals surface area contributed by atoms with E-state index in [0.29, 0.717) is 17.3 Å². The Hall–Kier alpha value is -0.970. The smallest absolute Gasteiger partial charge is 0.260 e. The Morgan fingerprint density at radius 3 is 2.78 bits per heavy atom. The second-order valence-corrected chi connectivity index (χ2v) is 4.05. The largest absolute Gasteiger partial charge is 0.481 e. The molecule has 0 bridgehead atoms. The van der Waals surface area contributed by atoms with Crippen LogP contribution in [-0.4, -0.2) is 32.1 Å². The van der Waals surface area contributed by atoms with Gasteiger partial charge in [0.05, 0.1) is 0 Å². The van der Waals surface area contributed by atoms with E-state index in [-0.39, 0.29) is 18.3 Å². The molecule has 1 atom stereocenters. The van der Waals surface area contributed by atoms with Crippen molar-refractivity contribution in [3.05, 3.63) is 29.3 Å². The maximum atomic E-state index is 11.6. The molecule has 0 aliphatic heterocycles. The molecule has 0 radical (unpaired) electrons. The third kappa shape index (κ3) is 6.10. The lowest BCUT2D eigenvalue weighted by atomic mass is 10.3. The first kappa shape index (κ1) is 17.0. The van der Waals surface area contributed by atoms with Crippen LogP contribution in [0.1, 0.15) is 6.92 Å². The number of benzene rings is 1. The highest BCUT2D eigenvalue weighted by Crippen LogP contribution is 2.18. The third-order valence-electron chi connectivity index (χ3n) is 2.15. The summed E-state index contributed by atoms with van der Waals surface area (Å²) in [6.45, 7) is 3.02. The highest BCUT2D eigenvalue weighted by Gasteiger charge is 2.13. The molecule has 102 valence electrons. The number of ether oxygens (including phenoxy) is 1. The van der Waals surface area contributed by atoms with Crippen molar-refractivity contribution in [3.63, 3.8) is 0 Å². The fraction of sp³-hybridized carbons (Fsp3) is 0.417. The van der Waals surface area contributed by atoms with Crippen LogP contribution in [0.3, 0.4) is 0 Å². The molecule has 0 heterocycles. The number of likely N-dealkylation sites (N-methyl/N-ethyl adjacent to an activating group) is 1. The van der Waals surface area contributed by atoms with Gasteiger partial charge in [-0.25, -0.2) is 0 Å². The number of rotatable bonds is 6. The van der Waals surface area contributed by atoms with Gasteiger partial charge in [0.25, 0.3) is 5.91 Å². The van der Waals surface area contributed by atoms with E-state index in [4.69, 9.17) is 16.3 Å². The van der Waals surface area contributed by atoms with Crippen LogP contribution in [0.5, 0.6) is 5.75 Å². The molecule has 0 saturated heterocycles. The van der Waals surface area contributed by atoms with Crippen molar-refractivity contribution < 1.29 is 9.53 Å². The first-order valence-electron chi connectivity index (χ1n) is 5.48. The monoisotopic (exact) mass is 292 g/mol. The Morgan fingerprint density at radius 1 is 1.44 bits per heavy atom. The van der Waals surface area contributed by atoms with Crippen molar-refractivity contribution in [1.29, 1.82) is 0 Å². The standard InChI is InChI=1S/C12H17ClN2O2.ClH/c1-9(12(16)15-7-6-14-2)17-11-5-3-4-10(13)8-11;/h3-5,8-9,14H,6-7H2,1-2H3,(H,15,16);1H. The minimum absolute atomic E-state index is 0. The number of hydrogen-bond acceptors (Lipinski definition) is 3. The van der Waals surface area contributed by atoms with Gasteiger partial charge < -0.3 is 15.4 Å². The van der Waals surface area contributed by atoms with Crippen LogP contribution in [0.2, 0.25) is 5.02 Å². The molecule has 1 unspecified atom stereocenters. The maximum absolute atomic E-state index is 11.6. The zero-order chi connectivity index (χ0) is 12.7. The summed E-state index contributed by atoms with van der Waals surface area (Å²) in [4.78, 5) is 11.6. The molecule has 0 aromatic heterocycles. The summed E-state index contributed by atoms with van der Waals surface area (Å²) in [6, 6.07) is 6.98. The normalized spacial score (nSPS) is 11.3. The van der Waals surface area contributed by atoms with Gasteiger partial charge in [0.2, 0.25) is 0 Å². The van der Waals surface area contributed by atoms with E-state index >= 15 is 0 Å². The van der Waals surface area contributed by atoms with Crippen LogP contribution in [-0.2, 0) is 4.79 Å². The Kier molecular flexibility index (Phi) is 8.54. The maximum Gasteiger partial charge on any atom is 0.260 e. The van der Waals surface area contributed by atoms with Gasteiger partial charge in [-0.15, -0.1) is 12.4 Å². The summed E-state index contributed by atoms with van der Waals surface area (Å²) in [7, 11) is 1.83. The van der Waals surface area contributed by atoms with E-state index in [0.717, 1.165) is 6.54 Å². The third-order valence-corrected chi connectivity index (χ3v) is 2.39. The molecule has 0 aliphatic carbocycles. The van der Waals surface area contributed by atoms with Crippen molar-refractivity contribution in [3.8, 4) is 5.75 Å². The van der Waals surface area contributed by atoms with Crippen LogP contribution in [0.4, 0.5) is 0 Å². The predicted molar refractivity (Wildman–Crippen MR) is 75.7 cm³/mol. The topological polar surface area (TPSA) is 50.4 Å². The van der Waals surface area contributed by atoms with Gasteiger partial charge in [-0.3, -0.25) is 4.79 Å². The number of amides is 1. The van der Waals surface area contributed by atoms with Crippen molar-refractivity contribution >= 4 is 29.9 Å². The van der Waals surface area contributed by atoms with Crippen molar-refractivity contribution in [2.75, 3.05) is 20.1 Å². The summed E-state index contributed by atoms with van der Waals surface area (Å²) in [5, 5.41) is 6.29. The lowest BCUT2D eigenvalue weighted by Crippen LogP contribution is -2.39. The second kappa shape index (κ2) is 9.03. The summed E-state index contributed by atoms with van der Waals surface area (Å²) >= 11 is 5.82. The Morgan fingerprint density at radius 2 is 2.17 bits per heavy atom. The van der Waals surface area contributed by atoms with E-state index in [2.05, 4.69) is 10.6 Å². The molecule has 0 fully saturated rings. The molecule has 4 nitrogen and oxygen atoms in total. The van der Waals surface area contributed by atoms with E-state index in [1.165, 1.54) is 0 Å². The van der Waals surface area contributed by atoms with E-state index in [9.17, 15) is 4.79 Å². The predicted octanol–water partition coefficient (Wildman–Crippen LogP) is 1.86. The first-order chi connectivity index (χ1) is 8.13. The van der Waals surface area contributed by atoms with E-state index in [1.54, 1.807) is 31.2 Å². The Bertz CT molecular complexity index is 375. The SMILES string of the molecule is CNCCNC(=O)C(C)Oc1cccc(Cl)c1.Cl. The molecule has 0 saturated carbocycles. The summed E-state index contributed by atoms with van der Waals surface area (Å²) in [5.74, 6) is 0.453. The lowest BCUT2D eigenvalue weighted by Gasteiger charge is -2.14. The minimum Gasteiger partial charge on any atom is -0.481 e. The van der Waals surface area contributed by atoms with Crippen LogP contribution in [0.25, 0.3) is 0 Å². The fourth-order valence-electron chi connectivity index (χ4n) is 1.25. The Labute approximate surface area is 118 Å². The van der Waals surface area contributed by atoms with Crippen LogP contribution < -0.4 is 15.4 Å². The van der Waals surface area contributed by atoms with Crippen molar-refractivity contribution in [2.24, 2.45) is 0 Å². The number of carbonyl (C=O) groups is 1. The molecular weight excluding hydrogens is 275 g/mol. The van der Waals surface area contributed by atoms with Gasteiger partial charge in [-0.1, -0.05) is 17.7 Å². The van der Waals surface area contributed by atoms with Gasteiger partial charge in [0.15, 0.2) is 6.10 Å². The quantitative estimate of drug-likeness (QED) is 0.787. The van der Waals surface area contributed by atoms with Crippen LogP contribution >= 0.6 is 24.0 Å². The minimum atomic E-state index is -0.537. The molecule has 1 aromatic rings. The summed E-state index contributed by atoms with van der Waals surface area (Å²) in [6.07, 6.45) is -0.537. The Balaban J connectivity index is 0.00000289. The van der Waals surface area contributed by atoms with Gasteiger partial charge in [-0.2, -0.15) is 0 Å². The van der Waals surface area contributed by atoms with Gasteiger partial charge >= 0.3 is 0 Å². The molecule has 1 rings (SSSR count). The zero-order valence-electron chi connectivity index (χ0n) is 10.4. The van der Waals surface area contributed by atoms with E-state index in [1.807, 2.05) is 7.05 Å². The van der Waals surface area contributed by atoms with Gasteiger partial charge in [0.1, 0.15) is 5.75 Å². The van der Waals surface area contributed by atoms with Gasteiger partial charge in [0, 0.05) is 18.1 Å². The molecule has 1 amide bonds. The second-order valence-electron chi connectivity index (χ2n) is 3.61. The molecule has 1 aromatic carbocycles. The van der Waals surface area contributed by atoms with Crippen molar-refractivity contribution in [2.45, 2.75) is 13.0 Å². The number of halogens is 2. The van der Waals surface area contributed by atoms with Gasteiger partial charge in [-0.05, 0) is 32.2 Å². The number of hydrogen-bond donors (Lipinski definition) is 2. The van der Waals surface area contributed by atoms with E-state index < -0.39 is 6.10 Å². The molecular formula is C12H18Cl2N2O2. The lowest BCUT2D eigenvalue weighted by molar-refractivity contribution is -0.127. The summed E-state index contributed by atoms with van der Waals surface area (Å²) in [5.41, 5.74) is 0. The highest BCUT2D eigenvalue weighted by molar-refractivity contribution is 6.30. The van der Waals surface area contributed by atoms with Crippen LogP contribution in [0.15, 0.2) is 24.3 Å². The highest BCUT2D eigenvalue weighted by atomic mass is 35.5. The van der Waals surface area contributed by atoms with Crippen molar-refractivity contribution in [1.82, 2.24) is 10.6 Å². The molecule has 18 heavy (non-hydrogen) atoms. The molecule has 2 N–H and O–H groups in total. The fourth-order valence-corrected chi connectivity index (χ4v) is 1.43. The zero-order valence-corrected chi connectivity index (χ0v) is 12.0. The molecule has 0 spiro atoms. The average molecular weight is 293 g/mol. The molecule has 0 aliphatic rings. The summed E-state index contributed by atoms with van der Waals surface area (Å²) < 4.78 is 5.47.